The van der Waals surface area contributed by atoms with E-state index in [4.69, 9.17) is 16.2 Å². The highest BCUT2D eigenvalue weighted by Gasteiger charge is 2.07. The second-order valence-electron chi connectivity index (χ2n) is 4.56. The number of para-hydroxylation sites is 1. The van der Waals surface area contributed by atoms with E-state index in [1.807, 2.05) is 0 Å². The van der Waals surface area contributed by atoms with Gasteiger partial charge >= 0.3 is 0 Å². The molecule has 0 radical (unpaired) electrons. The summed E-state index contributed by atoms with van der Waals surface area (Å²) in [5.74, 6) is -0.0809. The molecule has 1 amide bonds. The van der Waals surface area contributed by atoms with Gasteiger partial charge in [-0.2, -0.15) is 0 Å². The predicted molar refractivity (Wildman–Crippen MR) is 80.2 cm³/mol. The molecule has 110 valence electrons. The molecule has 6 heteroatoms. The minimum Gasteiger partial charge on any atom is -0.493 e. The Bertz CT molecular complexity index is 695. The lowest BCUT2D eigenvalue weighted by Gasteiger charge is -2.10. The summed E-state index contributed by atoms with van der Waals surface area (Å²) in [5.41, 5.74) is 11.7. The summed E-state index contributed by atoms with van der Waals surface area (Å²) >= 11 is 0. The third-order valence-electron chi connectivity index (χ3n) is 2.96. The summed E-state index contributed by atoms with van der Waals surface area (Å²) in [6.07, 6.45) is 2.20. The van der Waals surface area contributed by atoms with E-state index in [-0.39, 0.29) is 5.56 Å². The zero-order chi connectivity index (χ0) is 15.2. The molecule has 2 rings (SSSR count). The van der Waals surface area contributed by atoms with Gasteiger partial charge < -0.3 is 20.8 Å². The first kappa shape index (κ1) is 14.6. The molecule has 0 unspecified atom stereocenters. The molecule has 1 aromatic carbocycles. The Morgan fingerprint density at radius 3 is 2.71 bits per heavy atom. The lowest BCUT2D eigenvalue weighted by molar-refractivity contribution is 0.0996. The quantitative estimate of drug-likeness (QED) is 0.774. The van der Waals surface area contributed by atoms with Crippen molar-refractivity contribution in [2.24, 2.45) is 5.73 Å². The molecule has 0 spiro atoms. The van der Waals surface area contributed by atoms with Crippen LogP contribution in [0.4, 0.5) is 5.69 Å². The van der Waals surface area contributed by atoms with Crippen LogP contribution < -0.4 is 21.8 Å². The molecule has 2 aromatic rings. The number of anilines is 1. The number of aryl methyl sites for hydroxylation is 1. The van der Waals surface area contributed by atoms with Crippen LogP contribution in [0.1, 0.15) is 16.8 Å². The van der Waals surface area contributed by atoms with Crippen molar-refractivity contribution in [1.82, 2.24) is 4.57 Å². The van der Waals surface area contributed by atoms with E-state index in [0.29, 0.717) is 36.6 Å². The molecule has 0 saturated heterocycles. The van der Waals surface area contributed by atoms with Crippen molar-refractivity contribution in [2.75, 3.05) is 12.3 Å². The van der Waals surface area contributed by atoms with E-state index in [0.717, 1.165) is 0 Å². The van der Waals surface area contributed by atoms with Gasteiger partial charge in [-0.15, -0.1) is 0 Å². The van der Waals surface area contributed by atoms with Crippen molar-refractivity contribution in [3.05, 3.63) is 58.5 Å². The van der Waals surface area contributed by atoms with E-state index in [2.05, 4.69) is 0 Å². The summed E-state index contributed by atoms with van der Waals surface area (Å²) in [7, 11) is 0. The Morgan fingerprint density at radius 2 is 1.95 bits per heavy atom. The molecule has 21 heavy (non-hydrogen) atoms. The van der Waals surface area contributed by atoms with Crippen LogP contribution in [0.5, 0.6) is 5.75 Å². The second kappa shape index (κ2) is 6.60. The zero-order valence-corrected chi connectivity index (χ0v) is 11.5. The molecular weight excluding hydrogens is 270 g/mol. The third-order valence-corrected chi connectivity index (χ3v) is 2.96. The van der Waals surface area contributed by atoms with Gasteiger partial charge in [0.1, 0.15) is 5.75 Å². The van der Waals surface area contributed by atoms with Gasteiger partial charge in [0.15, 0.2) is 0 Å². The maximum Gasteiger partial charge on any atom is 0.252 e. The van der Waals surface area contributed by atoms with Gasteiger partial charge in [-0.1, -0.05) is 12.1 Å². The van der Waals surface area contributed by atoms with Crippen molar-refractivity contribution in [3.8, 4) is 5.75 Å². The van der Waals surface area contributed by atoms with Crippen molar-refractivity contribution in [1.29, 1.82) is 0 Å². The molecule has 6 nitrogen and oxygen atoms in total. The number of hydrogen-bond acceptors (Lipinski definition) is 4. The highest BCUT2D eigenvalue weighted by Crippen LogP contribution is 2.17. The zero-order valence-electron chi connectivity index (χ0n) is 11.5. The number of nitrogens with zero attached hydrogens (tertiary/aromatic N) is 1. The van der Waals surface area contributed by atoms with Gasteiger partial charge in [0, 0.05) is 24.5 Å². The highest BCUT2D eigenvalue weighted by atomic mass is 16.5. The maximum absolute atomic E-state index is 11.6. The highest BCUT2D eigenvalue weighted by molar-refractivity contribution is 5.95. The van der Waals surface area contributed by atoms with Crippen LogP contribution in [0.25, 0.3) is 0 Å². The van der Waals surface area contributed by atoms with Crippen molar-refractivity contribution >= 4 is 11.6 Å². The van der Waals surface area contributed by atoms with Gasteiger partial charge in [0.25, 0.3) is 11.5 Å². The van der Waals surface area contributed by atoms with Gasteiger partial charge in [0.05, 0.1) is 12.2 Å². The molecule has 4 N–H and O–H groups in total. The fourth-order valence-corrected chi connectivity index (χ4v) is 1.94. The third kappa shape index (κ3) is 3.85. The number of carbonyl (C=O) groups excluding carboxylic acids is 1. The van der Waals surface area contributed by atoms with Gasteiger partial charge in [-0.05, 0) is 24.6 Å². The fourth-order valence-electron chi connectivity index (χ4n) is 1.94. The molecule has 0 fully saturated rings. The average molecular weight is 287 g/mol. The SMILES string of the molecule is NC(=O)c1ccccc1OCCCn1cc(N)ccc1=O. The normalized spacial score (nSPS) is 10.3. The number of primary amides is 1. The first-order valence-electron chi connectivity index (χ1n) is 6.55. The number of carbonyl (C=O) groups is 1. The van der Waals surface area contributed by atoms with Crippen molar-refractivity contribution in [3.63, 3.8) is 0 Å². The number of nitrogen functional groups attached to an aromatic ring is 1. The largest absolute Gasteiger partial charge is 0.493 e. The molecule has 1 aromatic heterocycles. The standard InChI is InChI=1S/C15H17N3O3/c16-11-6-7-14(19)18(10-11)8-3-9-21-13-5-2-1-4-12(13)15(17)20/h1-2,4-7,10H,3,8-9,16H2,(H2,17,20). The minimum absolute atomic E-state index is 0.110. The summed E-state index contributed by atoms with van der Waals surface area (Å²) in [5, 5.41) is 0. The lowest BCUT2D eigenvalue weighted by atomic mass is 10.2. The Kier molecular flexibility index (Phi) is 4.61. The maximum atomic E-state index is 11.6. The smallest absolute Gasteiger partial charge is 0.252 e. The summed E-state index contributed by atoms with van der Waals surface area (Å²) in [6, 6.07) is 9.78. The Morgan fingerprint density at radius 1 is 1.19 bits per heavy atom. The second-order valence-corrected chi connectivity index (χ2v) is 4.56. The number of benzene rings is 1. The molecule has 0 aliphatic heterocycles. The van der Waals surface area contributed by atoms with Crippen LogP contribution in [0, 0.1) is 0 Å². The molecular formula is C15H17N3O3. The topological polar surface area (TPSA) is 100 Å². The number of nitrogens with two attached hydrogens (primary N) is 2. The Balaban J connectivity index is 1.92. The van der Waals surface area contributed by atoms with Crippen LogP contribution in [0.15, 0.2) is 47.4 Å². The van der Waals surface area contributed by atoms with Gasteiger partial charge in [-0.3, -0.25) is 9.59 Å². The van der Waals surface area contributed by atoms with E-state index >= 15 is 0 Å². The van der Waals surface area contributed by atoms with Crippen LogP contribution in [-0.4, -0.2) is 17.1 Å². The van der Waals surface area contributed by atoms with Gasteiger partial charge in [-0.25, -0.2) is 0 Å². The molecule has 0 bridgehead atoms. The van der Waals surface area contributed by atoms with E-state index in [9.17, 15) is 9.59 Å². The monoisotopic (exact) mass is 287 g/mol. The minimum atomic E-state index is -0.530. The Labute approximate surface area is 121 Å². The lowest BCUT2D eigenvalue weighted by Crippen LogP contribution is -2.20. The number of amides is 1. The van der Waals surface area contributed by atoms with Crippen molar-refractivity contribution < 1.29 is 9.53 Å². The first-order valence-corrected chi connectivity index (χ1v) is 6.55. The first-order chi connectivity index (χ1) is 10.1. The fraction of sp³-hybridized carbons (Fsp3) is 0.200. The molecule has 1 heterocycles. The van der Waals surface area contributed by atoms with Gasteiger partial charge in [0.2, 0.25) is 0 Å². The number of ether oxygens (including phenoxy) is 1. The van der Waals surface area contributed by atoms with E-state index in [1.54, 1.807) is 36.5 Å². The van der Waals surface area contributed by atoms with Crippen LogP contribution in [0.2, 0.25) is 0 Å². The van der Waals surface area contributed by atoms with Crippen LogP contribution in [0.3, 0.4) is 0 Å². The molecule has 0 aliphatic rings. The number of aromatic nitrogens is 1. The number of pyridine rings is 1. The Hall–Kier alpha value is -2.76. The molecule has 0 aliphatic carbocycles. The van der Waals surface area contributed by atoms with Crippen LogP contribution >= 0.6 is 0 Å². The molecule has 0 saturated carbocycles. The molecule has 0 atom stereocenters. The summed E-state index contributed by atoms with van der Waals surface area (Å²) in [6.45, 7) is 0.855. The van der Waals surface area contributed by atoms with Crippen molar-refractivity contribution in [2.45, 2.75) is 13.0 Å². The van der Waals surface area contributed by atoms with E-state index in [1.165, 1.54) is 10.6 Å². The number of rotatable bonds is 6. The van der Waals surface area contributed by atoms with Crippen LogP contribution in [-0.2, 0) is 6.54 Å². The summed E-state index contributed by atoms with van der Waals surface area (Å²) < 4.78 is 7.07. The number of hydrogen-bond donors (Lipinski definition) is 2. The predicted octanol–water partition coefficient (Wildman–Crippen LogP) is 0.999. The summed E-state index contributed by atoms with van der Waals surface area (Å²) in [4.78, 5) is 22.8. The van der Waals surface area contributed by atoms with E-state index < -0.39 is 5.91 Å². The average Bonchev–Trinajstić information content (AvgIpc) is 2.47.